The van der Waals surface area contributed by atoms with Crippen LogP contribution in [0.15, 0.2) is 60.1 Å². The Labute approximate surface area is 100 Å². The van der Waals surface area contributed by atoms with Crippen molar-refractivity contribution in [3.05, 3.63) is 71.4 Å². The van der Waals surface area contributed by atoms with Crippen LogP contribution in [0.4, 0.5) is 4.39 Å². The van der Waals surface area contributed by atoms with Gasteiger partial charge in [-0.2, -0.15) is 0 Å². The number of allylic oxidation sites excluding steroid dienone is 8. The molecule has 0 fully saturated rings. The van der Waals surface area contributed by atoms with E-state index >= 15 is 0 Å². The Balaban J connectivity index is 2.42. The Kier molecular flexibility index (Phi) is 3.55. The first-order valence-corrected chi connectivity index (χ1v) is 5.50. The van der Waals surface area contributed by atoms with E-state index in [1.165, 1.54) is 12.2 Å². The predicted molar refractivity (Wildman–Crippen MR) is 70.9 cm³/mol. The molecule has 1 aromatic heterocycles. The number of hydrogen-bond acceptors (Lipinski definition) is 0. The molecule has 1 aromatic rings. The maximum atomic E-state index is 13.3. The number of fused-ring (bicyclic) bond motifs is 1. The van der Waals surface area contributed by atoms with E-state index in [0.29, 0.717) is 0 Å². The van der Waals surface area contributed by atoms with Gasteiger partial charge in [-0.25, -0.2) is 4.39 Å². The van der Waals surface area contributed by atoms with Crippen molar-refractivity contribution in [2.24, 2.45) is 0 Å². The van der Waals surface area contributed by atoms with Gasteiger partial charge in [-0.15, -0.1) is 0 Å². The van der Waals surface area contributed by atoms with E-state index in [1.54, 1.807) is 12.2 Å². The topological polar surface area (TPSA) is 15.8 Å². The molecule has 0 amide bonds. The fourth-order valence-corrected chi connectivity index (χ4v) is 1.55. The van der Waals surface area contributed by atoms with E-state index in [4.69, 9.17) is 0 Å². The van der Waals surface area contributed by atoms with Gasteiger partial charge in [-0.3, -0.25) is 0 Å². The Hall–Kier alpha value is -2.09. The van der Waals surface area contributed by atoms with E-state index < -0.39 is 0 Å². The summed E-state index contributed by atoms with van der Waals surface area (Å²) in [6.07, 6.45) is 16.0. The van der Waals surface area contributed by atoms with Crippen molar-refractivity contribution in [1.29, 1.82) is 0 Å². The van der Waals surface area contributed by atoms with Crippen LogP contribution in [-0.4, -0.2) is 4.98 Å². The van der Waals surface area contributed by atoms with Crippen molar-refractivity contribution in [3.63, 3.8) is 0 Å². The van der Waals surface area contributed by atoms with Gasteiger partial charge in [0.2, 0.25) is 0 Å². The molecule has 0 aromatic carbocycles. The summed E-state index contributed by atoms with van der Waals surface area (Å²) in [7, 11) is 0. The van der Waals surface area contributed by atoms with Crippen LogP contribution in [0.5, 0.6) is 0 Å². The molecule has 1 aliphatic rings. The van der Waals surface area contributed by atoms with E-state index in [1.807, 2.05) is 43.5 Å². The molecule has 0 saturated heterocycles. The van der Waals surface area contributed by atoms with Gasteiger partial charge in [-0.1, -0.05) is 36.0 Å². The molecule has 0 unspecified atom stereocenters. The van der Waals surface area contributed by atoms with Crippen LogP contribution in [0.1, 0.15) is 18.2 Å². The average Bonchev–Trinajstić information content (AvgIpc) is 2.73. The molecule has 1 heterocycles. The molecule has 0 saturated carbocycles. The minimum atomic E-state index is -0.254. The normalized spacial score (nSPS) is 22.5. The molecule has 1 nitrogen and oxygen atoms in total. The molecule has 1 aliphatic carbocycles. The lowest BCUT2D eigenvalue weighted by atomic mass is 10.1. The Morgan fingerprint density at radius 1 is 1.00 bits per heavy atom. The molecule has 0 aliphatic heterocycles. The second-order valence-corrected chi connectivity index (χ2v) is 3.86. The Morgan fingerprint density at radius 3 is 2.71 bits per heavy atom. The molecular weight excluding hydrogens is 213 g/mol. The van der Waals surface area contributed by atoms with Crippen molar-refractivity contribution < 1.29 is 4.39 Å². The molecule has 2 heteroatoms. The maximum Gasteiger partial charge on any atom is 0.123 e. The number of aromatic amines is 1. The van der Waals surface area contributed by atoms with Crippen molar-refractivity contribution >= 4 is 12.2 Å². The molecule has 0 radical (unpaired) electrons. The lowest BCUT2D eigenvalue weighted by molar-refractivity contribution is 0.667. The number of nitrogens with one attached hydrogen (secondary N) is 1. The van der Waals surface area contributed by atoms with E-state index in [9.17, 15) is 4.39 Å². The first kappa shape index (κ1) is 11.4. The van der Waals surface area contributed by atoms with Gasteiger partial charge >= 0.3 is 0 Å². The summed E-state index contributed by atoms with van der Waals surface area (Å²) in [6.45, 7) is 1.94. The van der Waals surface area contributed by atoms with Gasteiger partial charge in [0.25, 0.3) is 0 Å². The third kappa shape index (κ3) is 3.18. The smallest absolute Gasteiger partial charge is 0.123 e. The van der Waals surface area contributed by atoms with Crippen LogP contribution in [-0.2, 0) is 0 Å². The lowest BCUT2D eigenvalue weighted by Gasteiger charge is -1.94. The summed E-state index contributed by atoms with van der Waals surface area (Å²) in [5.74, 6) is -0.254. The molecular formula is C15H14FN. The van der Waals surface area contributed by atoms with Crippen LogP contribution >= 0.6 is 0 Å². The highest BCUT2D eigenvalue weighted by Gasteiger charge is 1.95. The highest BCUT2D eigenvalue weighted by Crippen LogP contribution is 2.13. The van der Waals surface area contributed by atoms with Crippen LogP contribution in [0, 0.1) is 0 Å². The highest BCUT2D eigenvalue weighted by atomic mass is 19.1. The van der Waals surface area contributed by atoms with Gasteiger partial charge in [0, 0.05) is 11.9 Å². The van der Waals surface area contributed by atoms with E-state index in [-0.39, 0.29) is 5.83 Å². The molecule has 0 atom stereocenters. The minimum Gasteiger partial charge on any atom is -0.361 e. The van der Waals surface area contributed by atoms with Crippen LogP contribution < -0.4 is 0 Å². The van der Waals surface area contributed by atoms with Crippen molar-refractivity contribution in [2.75, 3.05) is 0 Å². The predicted octanol–water partition coefficient (Wildman–Crippen LogP) is 4.41. The third-order valence-corrected chi connectivity index (χ3v) is 2.47. The number of H-pyrrole nitrogens is 1. The molecule has 86 valence electrons. The number of aromatic nitrogens is 1. The molecule has 0 spiro atoms. The standard InChI is InChI=1S/C15H14FN/c1-12-4-2-7-15-13(10-11-17-15)5-3-6-14(16)9-8-12/h2-11,17H,1H3/b4-2?,5-3-,6-3?,7-2+,9-8?,12-4?,12-8?,13-5?,14-6+,14-9?,15-7?. The molecule has 2 rings (SSSR count). The zero-order valence-corrected chi connectivity index (χ0v) is 9.65. The fourth-order valence-electron chi connectivity index (χ4n) is 1.55. The quantitative estimate of drug-likeness (QED) is 0.675. The summed E-state index contributed by atoms with van der Waals surface area (Å²) in [4.78, 5) is 3.14. The van der Waals surface area contributed by atoms with Crippen molar-refractivity contribution in [3.8, 4) is 0 Å². The Bertz CT molecular complexity index is 493. The van der Waals surface area contributed by atoms with Crippen LogP contribution in [0.3, 0.4) is 0 Å². The van der Waals surface area contributed by atoms with E-state index in [0.717, 1.165) is 16.8 Å². The summed E-state index contributed by atoms with van der Waals surface area (Å²) in [6, 6.07) is 1.96. The third-order valence-electron chi connectivity index (χ3n) is 2.47. The fraction of sp³-hybridized carbons (Fsp3) is 0.0667. The molecule has 17 heavy (non-hydrogen) atoms. The number of hydrogen-bond donors (Lipinski definition) is 1. The van der Waals surface area contributed by atoms with Gasteiger partial charge in [0.15, 0.2) is 0 Å². The first-order valence-electron chi connectivity index (χ1n) is 5.50. The zero-order valence-electron chi connectivity index (χ0n) is 9.65. The second kappa shape index (κ2) is 5.30. The maximum absolute atomic E-state index is 13.3. The summed E-state index contributed by atoms with van der Waals surface area (Å²) in [5, 5.41) is 0. The first-order chi connectivity index (χ1) is 8.25. The summed E-state index contributed by atoms with van der Waals surface area (Å²) in [5.41, 5.74) is 3.06. The Morgan fingerprint density at radius 2 is 1.82 bits per heavy atom. The van der Waals surface area contributed by atoms with Gasteiger partial charge in [0.05, 0.1) is 0 Å². The SMILES string of the molecule is CC1=C/C=C/c2[nH]ccc2/C=C\C=C(\F)C=C1. The largest absolute Gasteiger partial charge is 0.361 e. The van der Waals surface area contributed by atoms with Gasteiger partial charge in [-0.05, 0) is 36.8 Å². The highest BCUT2D eigenvalue weighted by molar-refractivity contribution is 5.64. The number of rotatable bonds is 0. The second-order valence-electron chi connectivity index (χ2n) is 3.86. The van der Waals surface area contributed by atoms with Crippen molar-refractivity contribution in [1.82, 2.24) is 4.98 Å². The van der Waals surface area contributed by atoms with Gasteiger partial charge in [0.1, 0.15) is 5.83 Å². The average molecular weight is 227 g/mol. The summed E-state index contributed by atoms with van der Waals surface area (Å²) < 4.78 is 13.3. The minimum absolute atomic E-state index is 0.254. The van der Waals surface area contributed by atoms with Crippen LogP contribution in [0.25, 0.3) is 12.2 Å². The molecule has 1 N–H and O–H groups in total. The zero-order chi connectivity index (χ0) is 12.1. The molecule has 0 bridgehead atoms. The van der Waals surface area contributed by atoms with Crippen LogP contribution in [0.2, 0.25) is 0 Å². The number of halogens is 1. The van der Waals surface area contributed by atoms with Crippen molar-refractivity contribution in [2.45, 2.75) is 6.92 Å². The summed E-state index contributed by atoms with van der Waals surface area (Å²) >= 11 is 0. The lowest BCUT2D eigenvalue weighted by Crippen LogP contribution is -1.76. The van der Waals surface area contributed by atoms with Gasteiger partial charge < -0.3 is 4.98 Å². The monoisotopic (exact) mass is 227 g/mol. The van der Waals surface area contributed by atoms with E-state index in [2.05, 4.69) is 4.98 Å².